The van der Waals surface area contributed by atoms with Gasteiger partial charge in [-0.15, -0.1) is 0 Å². The van der Waals surface area contributed by atoms with Gasteiger partial charge in [0.1, 0.15) is 17.3 Å². The zero-order valence-corrected chi connectivity index (χ0v) is 11.7. The molecule has 0 radical (unpaired) electrons. The summed E-state index contributed by atoms with van der Waals surface area (Å²) in [5.41, 5.74) is 1.94. The van der Waals surface area contributed by atoms with Crippen LogP contribution in [-0.4, -0.2) is 27.6 Å². The van der Waals surface area contributed by atoms with Crippen molar-refractivity contribution in [1.29, 1.82) is 0 Å². The van der Waals surface area contributed by atoms with Crippen molar-refractivity contribution in [1.82, 2.24) is 20.4 Å². The molecule has 0 fully saturated rings. The Labute approximate surface area is 116 Å². The van der Waals surface area contributed by atoms with E-state index in [1.54, 1.807) is 0 Å². The first kappa shape index (κ1) is 14.0. The molecule has 2 rings (SSSR count). The van der Waals surface area contributed by atoms with Crippen LogP contribution in [0.1, 0.15) is 34.4 Å². The lowest BCUT2D eigenvalue weighted by Crippen LogP contribution is -2.24. The van der Waals surface area contributed by atoms with E-state index < -0.39 is 0 Å². The molecule has 0 unspecified atom stereocenters. The molecule has 0 aliphatic rings. The molecule has 0 atom stereocenters. The molecule has 1 amide bonds. The second-order valence-corrected chi connectivity index (χ2v) is 4.30. The summed E-state index contributed by atoms with van der Waals surface area (Å²) in [5, 5.41) is 9.63. The fourth-order valence-electron chi connectivity index (χ4n) is 1.73. The first-order valence-corrected chi connectivity index (χ1v) is 6.37. The van der Waals surface area contributed by atoms with E-state index in [-0.39, 0.29) is 11.6 Å². The number of nitrogens with zero attached hydrogens (tertiary/aromatic N) is 3. The van der Waals surface area contributed by atoms with Crippen molar-refractivity contribution in [3.63, 3.8) is 0 Å². The lowest BCUT2D eigenvalue weighted by Gasteiger charge is -2.05. The maximum absolute atomic E-state index is 11.9. The van der Waals surface area contributed by atoms with Gasteiger partial charge in [-0.2, -0.15) is 0 Å². The Kier molecular flexibility index (Phi) is 4.29. The number of aromatic nitrogens is 3. The van der Waals surface area contributed by atoms with E-state index in [1.165, 1.54) is 12.4 Å². The van der Waals surface area contributed by atoms with Gasteiger partial charge in [0.15, 0.2) is 0 Å². The molecule has 0 saturated carbocycles. The van der Waals surface area contributed by atoms with Gasteiger partial charge in [-0.1, -0.05) is 5.16 Å². The first-order chi connectivity index (χ1) is 9.61. The smallest absolute Gasteiger partial charge is 0.271 e. The third kappa shape index (κ3) is 3.11. The number of rotatable bonds is 5. The van der Waals surface area contributed by atoms with E-state index in [2.05, 4.69) is 25.8 Å². The molecule has 0 aromatic carbocycles. The third-order valence-electron chi connectivity index (χ3n) is 2.85. The Balaban J connectivity index is 1.98. The summed E-state index contributed by atoms with van der Waals surface area (Å²) in [5.74, 6) is 1.08. The fourth-order valence-corrected chi connectivity index (χ4v) is 1.73. The van der Waals surface area contributed by atoms with Crippen LogP contribution in [0.3, 0.4) is 0 Å². The van der Waals surface area contributed by atoms with Gasteiger partial charge in [0.05, 0.1) is 18.1 Å². The van der Waals surface area contributed by atoms with Crippen LogP contribution in [0, 0.1) is 13.8 Å². The zero-order valence-electron chi connectivity index (χ0n) is 11.7. The Bertz CT molecular complexity index is 572. The van der Waals surface area contributed by atoms with Crippen molar-refractivity contribution in [2.45, 2.75) is 27.3 Å². The minimum Gasteiger partial charge on any atom is -0.369 e. The molecule has 0 saturated heterocycles. The normalized spacial score (nSPS) is 10.3. The fraction of sp³-hybridized carbons (Fsp3) is 0.385. The van der Waals surface area contributed by atoms with E-state index >= 15 is 0 Å². The number of hydrogen-bond donors (Lipinski definition) is 2. The van der Waals surface area contributed by atoms with E-state index in [9.17, 15) is 4.79 Å². The molecule has 106 valence electrons. The number of nitrogens with one attached hydrogen (secondary N) is 2. The van der Waals surface area contributed by atoms with Gasteiger partial charge >= 0.3 is 0 Å². The Morgan fingerprint density at radius 2 is 2.10 bits per heavy atom. The van der Waals surface area contributed by atoms with E-state index in [1.807, 2.05) is 20.8 Å². The molecular weight excluding hydrogens is 258 g/mol. The van der Waals surface area contributed by atoms with Crippen molar-refractivity contribution in [2.75, 3.05) is 11.9 Å². The van der Waals surface area contributed by atoms with Crippen LogP contribution in [0.25, 0.3) is 0 Å². The molecule has 0 aliphatic carbocycles. The highest BCUT2D eigenvalue weighted by atomic mass is 16.5. The van der Waals surface area contributed by atoms with Crippen LogP contribution in [-0.2, 0) is 6.54 Å². The SMILES string of the molecule is CCNc1cnc(C(=O)NCc2c(C)noc2C)cn1. The summed E-state index contributed by atoms with van der Waals surface area (Å²) in [7, 11) is 0. The predicted molar refractivity (Wildman–Crippen MR) is 73.3 cm³/mol. The maximum Gasteiger partial charge on any atom is 0.271 e. The highest BCUT2D eigenvalue weighted by Gasteiger charge is 2.12. The van der Waals surface area contributed by atoms with Crippen molar-refractivity contribution >= 4 is 11.7 Å². The molecule has 2 N–H and O–H groups in total. The van der Waals surface area contributed by atoms with E-state index in [0.29, 0.717) is 18.1 Å². The predicted octanol–water partition coefficient (Wildman–Crippen LogP) is 1.44. The molecular formula is C13H17N5O2. The quantitative estimate of drug-likeness (QED) is 0.857. The highest BCUT2D eigenvalue weighted by molar-refractivity contribution is 5.91. The van der Waals surface area contributed by atoms with Crippen LogP contribution in [0.5, 0.6) is 0 Å². The third-order valence-corrected chi connectivity index (χ3v) is 2.85. The number of hydrogen-bond acceptors (Lipinski definition) is 6. The summed E-state index contributed by atoms with van der Waals surface area (Å²) < 4.78 is 5.04. The van der Waals surface area contributed by atoms with Crippen molar-refractivity contribution < 1.29 is 9.32 Å². The maximum atomic E-state index is 11.9. The lowest BCUT2D eigenvalue weighted by atomic mass is 10.2. The van der Waals surface area contributed by atoms with Gasteiger partial charge in [0.25, 0.3) is 5.91 Å². The molecule has 0 spiro atoms. The number of carbonyl (C=O) groups is 1. The van der Waals surface area contributed by atoms with Crippen molar-refractivity contribution in [3.8, 4) is 0 Å². The average molecular weight is 275 g/mol. The van der Waals surface area contributed by atoms with Gasteiger partial charge in [0.2, 0.25) is 0 Å². The van der Waals surface area contributed by atoms with Gasteiger partial charge in [-0.05, 0) is 20.8 Å². The Hall–Kier alpha value is -2.44. The molecule has 0 aliphatic heterocycles. The van der Waals surface area contributed by atoms with Crippen molar-refractivity contribution in [3.05, 3.63) is 35.1 Å². The molecule has 2 heterocycles. The molecule has 7 heteroatoms. The van der Waals surface area contributed by atoms with Gasteiger partial charge < -0.3 is 15.2 Å². The largest absolute Gasteiger partial charge is 0.369 e. The second kappa shape index (κ2) is 6.14. The standard InChI is InChI=1S/C13H17N5O2/c1-4-14-12-7-15-11(6-16-12)13(19)17-5-10-8(2)18-20-9(10)3/h6-7H,4-5H2,1-3H3,(H,14,16)(H,17,19). The number of aryl methyl sites for hydroxylation is 2. The molecule has 20 heavy (non-hydrogen) atoms. The van der Waals surface area contributed by atoms with Crippen LogP contribution in [0.15, 0.2) is 16.9 Å². The molecule has 2 aromatic rings. The van der Waals surface area contributed by atoms with Crippen molar-refractivity contribution in [2.24, 2.45) is 0 Å². The number of anilines is 1. The Morgan fingerprint density at radius 1 is 1.30 bits per heavy atom. The van der Waals surface area contributed by atoms with Crippen LogP contribution in [0.2, 0.25) is 0 Å². The summed E-state index contributed by atoms with van der Waals surface area (Å²) >= 11 is 0. The lowest BCUT2D eigenvalue weighted by molar-refractivity contribution is 0.0945. The number of carbonyl (C=O) groups excluding carboxylic acids is 1. The summed E-state index contributed by atoms with van der Waals surface area (Å²) in [6, 6.07) is 0. The molecule has 0 bridgehead atoms. The topological polar surface area (TPSA) is 92.9 Å². The molecule has 2 aromatic heterocycles. The number of amides is 1. The highest BCUT2D eigenvalue weighted by Crippen LogP contribution is 2.11. The minimum atomic E-state index is -0.277. The summed E-state index contributed by atoms with van der Waals surface area (Å²) in [4.78, 5) is 20.1. The average Bonchev–Trinajstić information content (AvgIpc) is 2.77. The Morgan fingerprint density at radius 3 is 2.65 bits per heavy atom. The summed E-state index contributed by atoms with van der Waals surface area (Å²) in [6.07, 6.45) is 2.98. The van der Waals surface area contributed by atoms with Gasteiger partial charge in [-0.3, -0.25) is 4.79 Å². The second-order valence-electron chi connectivity index (χ2n) is 4.30. The van der Waals surface area contributed by atoms with E-state index in [0.717, 1.165) is 17.8 Å². The van der Waals surface area contributed by atoms with Crippen LogP contribution < -0.4 is 10.6 Å². The van der Waals surface area contributed by atoms with Crippen LogP contribution >= 0.6 is 0 Å². The monoisotopic (exact) mass is 275 g/mol. The van der Waals surface area contributed by atoms with Crippen LogP contribution in [0.4, 0.5) is 5.82 Å². The molecule has 7 nitrogen and oxygen atoms in total. The zero-order chi connectivity index (χ0) is 14.5. The summed E-state index contributed by atoms with van der Waals surface area (Å²) in [6.45, 7) is 6.73. The van der Waals surface area contributed by atoms with E-state index in [4.69, 9.17) is 4.52 Å². The minimum absolute atomic E-state index is 0.276. The first-order valence-electron chi connectivity index (χ1n) is 6.37. The van der Waals surface area contributed by atoms with Gasteiger partial charge in [0, 0.05) is 18.7 Å². The van der Waals surface area contributed by atoms with Gasteiger partial charge in [-0.25, -0.2) is 9.97 Å².